The number of halogens is 1. The fraction of sp³-hybridized carbons (Fsp3) is 0. The maximum absolute atomic E-state index is 8.88. The molecule has 4 nitrogen and oxygen atoms in total. The number of hydrogen-bond acceptors (Lipinski definition) is 1. The first kappa shape index (κ1) is 15.7. The molecule has 0 aliphatic carbocycles. The third-order valence-electron chi connectivity index (χ3n) is 0. The Hall–Kier alpha value is 1.30. The van der Waals surface area contributed by atoms with E-state index < -0.39 is 7.82 Å². The van der Waals surface area contributed by atoms with E-state index in [1.165, 1.54) is 0 Å². The van der Waals surface area contributed by atoms with Crippen LogP contribution in [-0.4, -0.2) is 52.4 Å². The van der Waals surface area contributed by atoms with E-state index in [1.54, 1.807) is 0 Å². The van der Waals surface area contributed by atoms with Gasteiger partial charge in [0.1, 0.15) is 0 Å². The van der Waals surface area contributed by atoms with E-state index in [-0.39, 0.29) is 42.4 Å². The molecule has 0 amide bonds. The molecule has 0 aromatic carbocycles. The van der Waals surface area contributed by atoms with Crippen LogP contribution in [0, 0.1) is 0 Å². The fourth-order valence-electron chi connectivity index (χ4n) is 0. The first-order valence-electron chi connectivity index (χ1n) is 0.783. The van der Waals surface area contributed by atoms with Gasteiger partial charge in [0.05, 0.1) is 0 Å². The van der Waals surface area contributed by atoms with Crippen LogP contribution < -0.4 is 0 Å². The third kappa shape index (κ3) is 121. The van der Waals surface area contributed by atoms with Gasteiger partial charge in [-0.25, -0.2) is 4.57 Å². The van der Waals surface area contributed by atoms with Crippen molar-refractivity contribution in [2.24, 2.45) is 0 Å². The molecule has 0 saturated heterocycles. The van der Waals surface area contributed by atoms with Gasteiger partial charge in [-0.2, -0.15) is 0 Å². The van der Waals surface area contributed by atoms with Crippen molar-refractivity contribution in [3.05, 3.63) is 0 Å². The summed E-state index contributed by atoms with van der Waals surface area (Å²) in [6.07, 6.45) is 0. The summed E-state index contributed by atoms with van der Waals surface area (Å²) in [6, 6.07) is 0. The normalized spacial score (nSPS) is 8.43. The van der Waals surface area contributed by atoms with Gasteiger partial charge >= 0.3 is 45.6 Å². The van der Waals surface area contributed by atoms with E-state index >= 15 is 0 Å². The Balaban J connectivity index is -0.0000000800. The monoisotopic (exact) mass is 160 g/mol. The molecule has 0 spiro atoms. The molecule has 0 bridgehead atoms. The SMILES string of the molecule is F.O=P(O)(O)O.[CaH2]. The molecular weight excluding hydrogens is 154 g/mol. The fourth-order valence-corrected chi connectivity index (χ4v) is 0. The van der Waals surface area contributed by atoms with Crippen molar-refractivity contribution in [1.82, 2.24) is 0 Å². The average Bonchev–Trinajstić information content (AvgIpc) is 0.722. The van der Waals surface area contributed by atoms with Crippen LogP contribution in [0.25, 0.3) is 0 Å². The van der Waals surface area contributed by atoms with Crippen molar-refractivity contribution >= 4 is 45.6 Å². The van der Waals surface area contributed by atoms with Gasteiger partial charge < -0.3 is 14.7 Å². The molecule has 0 aliphatic rings. The zero-order chi connectivity index (χ0) is 4.50. The maximum atomic E-state index is 8.88. The Morgan fingerprint density at radius 1 is 1.14 bits per heavy atom. The van der Waals surface area contributed by atoms with E-state index in [1.807, 2.05) is 0 Å². The molecule has 0 aromatic heterocycles. The van der Waals surface area contributed by atoms with Crippen LogP contribution in [0.3, 0.4) is 0 Å². The van der Waals surface area contributed by atoms with E-state index in [9.17, 15) is 0 Å². The molecule has 0 fully saturated rings. The summed E-state index contributed by atoms with van der Waals surface area (Å²) in [6.45, 7) is 0. The zero-order valence-corrected chi connectivity index (χ0v) is 3.50. The van der Waals surface area contributed by atoms with Crippen LogP contribution in [0.5, 0.6) is 0 Å². The van der Waals surface area contributed by atoms with Crippen molar-refractivity contribution < 1.29 is 23.9 Å². The van der Waals surface area contributed by atoms with Crippen molar-refractivity contribution in [1.29, 1.82) is 0 Å². The third-order valence-corrected chi connectivity index (χ3v) is 0. The summed E-state index contributed by atoms with van der Waals surface area (Å²) >= 11 is 0. The van der Waals surface area contributed by atoms with E-state index in [0.29, 0.717) is 0 Å². The summed E-state index contributed by atoms with van der Waals surface area (Å²) in [4.78, 5) is 21.6. The van der Waals surface area contributed by atoms with Gasteiger partial charge in [-0.1, -0.05) is 0 Å². The van der Waals surface area contributed by atoms with Crippen molar-refractivity contribution in [2.45, 2.75) is 0 Å². The molecule has 7 heavy (non-hydrogen) atoms. The van der Waals surface area contributed by atoms with Crippen LogP contribution in [0.4, 0.5) is 4.70 Å². The van der Waals surface area contributed by atoms with Gasteiger partial charge in [-0.05, 0) is 0 Å². The molecule has 0 aliphatic heterocycles. The molecule has 0 heterocycles. The first-order valence-corrected chi connectivity index (χ1v) is 2.35. The van der Waals surface area contributed by atoms with Gasteiger partial charge in [0.15, 0.2) is 0 Å². The van der Waals surface area contributed by atoms with Crippen molar-refractivity contribution in [3.8, 4) is 0 Å². The topological polar surface area (TPSA) is 77.8 Å². The standard InChI is InChI=1S/Ca.FH.H3O4P.2H/c;;1-5(2,3)4;;/h;1H;(H3,1,2,3,4);;. The van der Waals surface area contributed by atoms with Crippen molar-refractivity contribution in [3.63, 3.8) is 0 Å². The van der Waals surface area contributed by atoms with Crippen LogP contribution in [0.2, 0.25) is 0 Å². The van der Waals surface area contributed by atoms with Crippen molar-refractivity contribution in [2.75, 3.05) is 0 Å². The molecule has 3 N–H and O–H groups in total. The molecule has 7 heteroatoms. The van der Waals surface area contributed by atoms with Gasteiger partial charge in [0, 0.05) is 0 Å². The Morgan fingerprint density at radius 3 is 1.14 bits per heavy atom. The van der Waals surface area contributed by atoms with Gasteiger partial charge in [0.2, 0.25) is 0 Å². The summed E-state index contributed by atoms with van der Waals surface area (Å²) in [5.74, 6) is 0. The second-order valence-corrected chi connectivity index (χ2v) is 1.54. The van der Waals surface area contributed by atoms with E-state index in [4.69, 9.17) is 19.2 Å². The predicted molar refractivity (Wildman–Crippen MR) is 25.3 cm³/mol. The quantitative estimate of drug-likeness (QED) is 0.292. The van der Waals surface area contributed by atoms with E-state index in [0.717, 1.165) is 0 Å². The Labute approximate surface area is 69.2 Å². The van der Waals surface area contributed by atoms with E-state index in [2.05, 4.69) is 0 Å². The molecule has 0 atom stereocenters. The number of phosphoric acid groups is 1. The molecular formula is H6CaFO4P. The van der Waals surface area contributed by atoms with Gasteiger partial charge in [0.25, 0.3) is 0 Å². The molecule has 44 valence electrons. The molecule has 0 radical (unpaired) electrons. The number of hydrogen-bond donors (Lipinski definition) is 3. The summed E-state index contributed by atoms with van der Waals surface area (Å²) < 4.78 is 8.88. The first-order chi connectivity index (χ1) is 2.00. The predicted octanol–water partition coefficient (Wildman–Crippen LogP) is -1.69. The van der Waals surface area contributed by atoms with Crippen LogP contribution in [-0.2, 0) is 4.57 Å². The summed E-state index contributed by atoms with van der Waals surface area (Å²) in [5, 5.41) is 0. The Kier molecular flexibility index (Phi) is 12.2. The average molecular weight is 160 g/mol. The molecule has 0 unspecified atom stereocenters. The second kappa shape index (κ2) is 5.44. The second-order valence-electron chi connectivity index (χ2n) is 0.513. The number of rotatable bonds is 0. The summed E-state index contributed by atoms with van der Waals surface area (Å²) in [5.41, 5.74) is 0. The minimum atomic E-state index is -4.64. The summed E-state index contributed by atoms with van der Waals surface area (Å²) in [7, 11) is -4.64. The molecule has 0 rings (SSSR count). The van der Waals surface area contributed by atoms with Crippen LogP contribution in [0.1, 0.15) is 0 Å². The van der Waals surface area contributed by atoms with Crippen LogP contribution in [0.15, 0.2) is 0 Å². The van der Waals surface area contributed by atoms with Crippen LogP contribution >= 0.6 is 7.82 Å². The van der Waals surface area contributed by atoms with Gasteiger partial charge in [-0.3, -0.25) is 4.70 Å². The molecule has 0 aromatic rings. The molecule has 0 saturated carbocycles. The van der Waals surface area contributed by atoms with Gasteiger partial charge in [-0.15, -0.1) is 0 Å². The zero-order valence-electron chi connectivity index (χ0n) is 2.61. The Bertz CT molecular complexity index is 57.8. The minimum absolute atomic E-state index is 0. The Morgan fingerprint density at radius 2 is 1.14 bits per heavy atom.